The van der Waals surface area contributed by atoms with Crippen LogP contribution < -0.4 is 10.6 Å². The van der Waals surface area contributed by atoms with E-state index in [0.29, 0.717) is 18.1 Å². The topological polar surface area (TPSA) is 75.1 Å². The van der Waals surface area contributed by atoms with Gasteiger partial charge in [-0.1, -0.05) is 30.3 Å². The molecule has 1 fully saturated rings. The highest BCUT2D eigenvalue weighted by Crippen LogP contribution is 2.41. The Morgan fingerprint density at radius 1 is 0.974 bits per heavy atom. The average Bonchev–Trinajstić information content (AvgIpc) is 3.39. The van der Waals surface area contributed by atoms with Crippen molar-refractivity contribution in [1.82, 2.24) is 24.8 Å². The van der Waals surface area contributed by atoms with E-state index < -0.39 is 0 Å². The number of hydrogen-bond acceptors (Lipinski definition) is 4. The monoisotopic (exact) mass is 524 g/mol. The third-order valence-corrected chi connectivity index (χ3v) is 7.53. The van der Waals surface area contributed by atoms with Crippen LogP contribution >= 0.6 is 12.2 Å². The first-order chi connectivity index (χ1) is 18.3. The maximum atomic E-state index is 12.9. The van der Waals surface area contributed by atoms with Crippen molar-refractivity contribution in [3.05, 3.63) is 107 Å². The molecule has 0 spiro atoms. The fourth-order valence-corrected chi connectivity index (χ4v) is 5.59. The van der Waals surface area contributed by atoms with Gasteiger partial charge < -0.3 is 20.1 Å². The molecule has 7 nitrogen and oxygen atoms in total. The fraction of sp³-hybridized carbons (Fsp3) is 0.267. The van der Waals surface area contributed by atoms with Crippen molar-refractivity contribution >= 4 is 28.9 Å². The van der Waals surface area contributed by atoms with Crippen LogP contribution in [0.2, 0.25) is 0 Å². The Morgan fingerprint density at radius 3 is 2.45 bits per heavy atom. The summed E-state index contributed by atoms with van der Waals surface area (Å²) < 4.78 is 2.20. The SMILES string of the molecule is Cc1ccccc1NC(=O)CCN1C(=S)NC(c2ccccn2)C1c1cc(C)n(-c2ncccc2C)c1C. The van der Waals surface area contributed by atoms with Crippen molar-refractivity contribution in [2.75, 3.05) is 11.9 Å². The lowest BCUT2D eigenvalue weighted by molar-refractivity contribution is -0.116. The van der Waals surface area contributed by atoms with Gasteiger partial charge in [0.15, 0.2) is 5.11 Å². The van der Waals surface area contributed by atoms with Gasteiger partial charge in [0, 0.05) is 42.4 Å². The molecule has 3 aromatic heterocycles. The molecule has 1 amide bonds. The summed E-state index contributed by atoms with van der Waals surface area (Å²) in [4.78, 5) is 24.4. The van der Waals surface area contributed by atoms with Crippen molar-refractivity contribution < 1.29 is 4.79 Å². The van der Waals surface area contributed by atoms with Crippen LogP contribution in [0.1, 0.15) is 52.3 Å². The van der Waals surface area contributed by atoms with Gasteiger partial charge in [-0.25, -0.2) is 4.98 Å². The second-order valence-electron chi connectivity index (χ2n) is 9.74. The van der Waals surface area contributed by atoms with Crippen LogP contribution in [0.25, 0.3) is 5.82 Å². The summed E-state index contributed by atoms with van der Waals surface area (Å²) in [6.45, 7) is 8.76. The molecule has 1 aromatic carbocycles. The number of thiocarbonyl (C=S) groups is 1. The Morgan fingerprint density at radius 2 is 1.71 bits per heavy atom. The zero-order chi connectivity index (χ0) is 26.8. The van der Waals surface area contributed by atoms with Gasteiger partial charge in [0.1, 0.15) is 5.82 Å². The highest BCUT2D eigenvalue weighted by molar-refractivity contribution is 7.80. The Kier molecular flexibility index (Phi) is 7.24. The normalized spacial score (nSPS) is 16.9. The summed E-state index contributed by atoms with van der Waals surface area (Å²) in [5.41, 5.74) is 7.19. The number of aromatic nitrogens is 3. The number of para-hydroxylation sites is 1. The lowest BCUT2D eigenvalue weighted by atomic mass is 9.96. The van der Waals surface area contributed by atoms with E-state index in [1.807, 2.05) is 61.7 Å². The van der Waals surface area contributed by atoms with Crippen LogP contribution in [0.15, 0.2) is 73.1 Å². The van der Waals surface area contributed by atoms with Crippen molar-refractivity contribution in [3.63, 3.8) is 0 Å². The van der Waals surface area contributed by atoms with E-state index in [1.165, 1.54) is 0 Å². The first-order valence-corrected chi connectivity index (χ1v) is 13.2. The first kappa shape index (κ1) is 25.6. The Hall–Kier alpha value is -4.04. The van der Waals surface area contributed by atoms with E-state index >= 15 is 0 Å². The number of anilines is 1. The minimum atomic E-state index is -0.151. The molecule has 0 saturated carbocycles. The second-order valence-corrected chi connectivity index (χ2v) is 10.1. The van der Waals surface area contributed by atoms with Crippen LogP contribution in [0, 0.1) is 27.7 Å². The van der Waals surface area contributed by atoms with Crippen molar-refractivity contribution in [2.45, 2.75) is 46.2 Å². The van der Waals surface area contributed by atoms with Crippen LogP contribution in [0.3, 0.4) is 0 Å². The van der Waals surface area contributed by atoms with Crippen LogP contribution in [0.4, 0.5) is 5.69 Å². The zero-order valence-electron chi connectivity index (χ0n) is 22.1. The van der Waals surface area contributed by atoms with Crippen LogP contribution in [-0.4, -0.2) is 37.0 Å². The predicted molar refractivity (Wildman–Crippen MR) is 154 cm³/mol. The maximum Gasteiger partial charge on any atom is 0.226 e. The number of hydrogen-bond donors (Lipinski definition) is 2. The van der Waals surface area contributed by atoms with E-state index in [0.717, 1.165) is 45.3 Å². The third-order valence-electron chi connectivity index (χ3n) is 7.18. The van der Waals surface area contributed by atoms with Crippen molar-refractivity contribution in [3.8, 4) is 5.82 Å². The molecule has 0 aliphatic carbocycles. The van der Waals surface area contributed by atoms with E-state index in [9.17, 15) is 4.79 Å². The molecule has 5 rings (SSSR count). The largest absolute Gasteiger partial charge is 0.352 e. The molecule has 2 unspecified atom stereocenters. The average molecular weight is 525 g/mol. The van der Waals surface area contributed by atoms with Gasteiger partial charge in [0.25, 0.3) is 0 Å². The fourth-order valence-electron chi connectivity index (χ4n) is 5.26. The zero-order valence-corrected chi connectivity index (χ0v) is 22.9. The molecule has 0 radical (unpaired) electrons. The van der Waals surface area contributed by atoms with Gasteiger partial charge in [0.2, 0.25) is 5.91 Å². The molecule has 4 aromatic rings. The van der Waals surface area contributed by atoms with Gasteiger partial charge in [-0.15, -0.1) is 0 Å². The molecule has 38 heavy (non-hydrogen) atoms. The van der Waals surface area contributed by atoms with Gasteiger partial charge in [-0.2, -0.15) is 0 Å². The molecular formula is C30H32N6OS. The predicted octanol–water partition coefficient (Wildman–Crippen LogP) is 5.50. The lowest BCUT2D eigenvalue weighted by Gasteiger charge is -2.28. The maximum absolute atomic E-state index is 12.9. The second kappa shape index (κ2) is 10.8. The standard InChI is InChI=1S/C30H32N6OS/c1-19-10-5-6-12-24(19)33-26(37)14-17-35-28(27(34-30(35)38)25-13-7-8-15-31-25)23-18-21(3)36(22(23)4)29-20(2)11-9-16-32-29/h5-13,15-16,18,27-28H,14,17H2,1-4H3,(H,33,37)(H,34,38). The van der Waals surface area contributed by atoms with E-state index in [-0.39, 0.29) is 18.0 Å². The molecular weight excluding hydrogens is 492 g/mol. The lowest BCUT2D eigenvalue weighted by Crippen LogP contribution is -2.33. The smallest absolute Gasteiger partial charge is 0.226 e. The molecule has 1 aliphatic rings. The Bertz CT molecular complexity index is 1480. The van der Waals surface area contributed by atoms with Gasteiger partial charge in [-0.05, 0) is 86.9 Å². The minimum Gasteiger partial charge on any atom is -0.352 e. The quantitative estimate of drug-likeness (QED) is 0.311. The molecule has 4 heterocycles. The number of nitrogens with one attached hydrogen (secondary N) is 2. The summed E-state index contributed by atoms with van der Waals surface area (Å²) in [5, 5.41) is 7.16. The van der Waals surface area contributed by atoms with Gasteiger partial charge in [-0.3, -0.25) is 9.78 Å². The number of nitrogens with zero attached hydrogens (tertiary/aromatic N) is 4. The van der Waals surface area contributed by atoms with Gasteiger partial charge in [0.05, 0.1) is 17.8 Å². The highest BCUT2D eigenvalue weighted by Gasteiger charge is 2.41. The molecule has 1 aliphatic heterocycles. The van der Waals surface area contributed by atoms with Crippen molar-refractivity contribution in [1.29, 1.82) is 0 Å². The molecule has 1 saturated heterocycles. The molecule has 8 heteroatoms. The van der Waals surface area contributed by atoms with E-state index in [2.05, 4.69) is 63.0 Å². The number of carbonyl (C=O) groups excluding carboxylic acids is 1. The third kappa shape index (κ3) is 4.91. The minimum absolute atomic E-state index is 0.0447. The summed E-state index contributed by atoms with van der Waals surface area (Å²) in [6.07, 6.45) is 3.93. The molecule has 2 atom stereocenters. The highest BCUT2D eigenvalue weighted by atomic mass is 32.1. The summed E-state index contributed by atoms with van der Waals surface area (Å²) in [7, 11) is 0. The Labute approximate surface area is 228 Å². The summed E-state index contributed by atoms with van der Waals surface area (Å²) >= 11 is 5.83. The number of rotatable bonds is 7. The molecule has 194 valence electrons. The van der Waals surface area contributed by atoms with Crippen molar-refractivity contribution in [2.24, 2.45) is 0 Å². The van der Waals surface area contributed by atoms with Crippen LogP contribution in [-0.2, 0) is 4.79 Å². The Balaban J connectivity index is 1.48. The number of pyridine rings is 2. The number of amides is 1. The van der Waals surface area contributed by atoms with Crippen LogP contribution in [0.5, 0.6) is 0 Å². The first-order valence-electron chi connectivity index (χ1n) is 12.8. The van der Waals surface area contributed by atoms with Gasteiger partial charge >= 0.3 is 0 Å². The number of benzene rings is 1. The van der Waals surface area contributed by atoms with E-state index in [1.54, 1.807) is 6.20 Å². The van der Waals surface area contributed by atoms with E-state index in [4.69, 9.17) is 12.2 Å². The molecule has 2 N–H and O–H groups in total. The summed E-state index contributed by atoms with van der Waals surface area (Å²) in [6, 6.07) is 19.7. The molecule has 0 bridgehead atoms. The number of carbonyl (C=O) groups is 1. The number of aryl methyl sites for hydroxylation is 3. The summed E-state index contributed by atoms with van der Waals surface area (Å²) in [5.74, 6) is 0.873.